The first-order chi connectivity index (χ1) is 8.81. The molecule has 3 fully saturated rings. The third kappa shape index (κ3) is 2.26. The third-order valence-electron chi connectivity index (χ3n) is 3.54. The van der Waals surface area contributed by atoms with Crippen LogP contribution in [-0.2, 0) is 23.7 Å². The van der Waals surface area contributed by atoms with Gasteiger partial charge in [0, 0.05) is 0 Å². The molecule has 3 aliphatic rings. The fraction of sp³-hybridized carbons (Fsp3) is 0.923. The minimum absolute atomic E-state index is 0.244. The van der Waals surface area contributed by atoms with E-state index in [1.165, 1.54) is 0 Å². The highest BCUT2D eigenvalue weighted by molar-refractivity contribution is 5.01. The van der Waals surface area contributed by atoms with E-state index in [1.54, 1.807) is 0 Å². The average molecular weight is 269 g/mol. The van der Waals surface area contributed by atoms with E-state index in [1.807, 2.05) is 27.7 Å². The number of nitrogens with zero attached hydrogens (tertiary/aromatic N) is 1. The van der Waals surface area contributed by atoms with Crippen LogP contribution in [0, 0.1) is 11.3 Å². The van der Waals surface area contributed by atoms with Gasteiger partial charge in [-0.2, -0.15) is 5.26 Å². The van der Waals surface area contributed by atoms with E-state index in [0.717, 1.165) is 0 Å². The molecule has 0 aromatic rings. The Hall–Kier alpha value is -0.710. The van der Waals surface area contributed by atoms with E-state index in [0.29, 0.717) is 0 Å². The van der Waals surface area contributed by atoms with Crippen molar-refractivity contribution in [1.82, 2.24) is 0 Å². The molecule has 0 aliphatic carbocycles. The van der Waals surface area contributed by atoms with Gasteiger partial charge < -0.3 is 23.7 Å². The summed E-state index contributed by atoms with van der Waals surface area (Å²) >= 11 is 0. The van der Waals surface area contributed by atoms with Gasteiger partial charge in [0.2, 0.25) is 0 Å². The van der Waals surface area contributed by atoms with Crippen LogP contribution in [0.2, 0.25) is 0 Å². The fourth-order valence-corrected chi connectivity index (χ4v) is 2.95. The highest BCUT2D eigenvalue weighted by Gasteiger charge is 2.60. The molecule has 3 saturated heterocycles. The Morgan fingerprint density at radius 2 is 1.47 bits per heavy atom. The second-order valence-corrected chi connectivity index (χ2v) is 6.07. The zero-order valence-corrected chi connectivity index (χ0v) is 11.6. The molecule has 0 bridgehead atoms. The van der Waals surface area contributed by atoms with Crippen LogP contribution in [0.4, 0.5) is 0 Å². The van der Waals surface area contributed by atoms with Crippen molar-refractivity contribution in [3.8, 4) is 6.07 Å². The second-order valence-electron chi connectivity index (χ2n) is 6.07. The molecule has 6 heteroatoms. The smallest absolute Gasteiger partial charge is 0.190 e. The minimum atomic E-state index is -0.711. The molecule has 6 nitrogen and oxygen atoms in total. The molecule has 5 atom stereocenters. The molecule has 0 unspecified atom stereocenters. The lowest BCUT2D eigenvalue weighted by molar-refractivity contribution is -0.232. The molecule has 0 spiro atoms. The number of fused-ring (bicyclic) bond motifs is 3. The van der Waals surface area contributed by atoms with Crippen molar-refractivity contribution in [3.63, 3.8) is 0 Å². The van der Waals surface area contributed by atoms with Crippen LogP contribution in [0.5, 0.6) is 0 Å². The minimum Gasteiger partial charge on any atom is -0.343 e. The van der Waals surface area contributed by atoms with Crippen molar-refractivity contribution in [2.45, 2.75) is 76.4 Å². The topological polar surface area (TPSA) is 69.9 Å². The van der Waals surface area contributed by atoms with Gasteiger partial charge in [-0.05, 0) is 27.7 Å². The van der Waals surface area contributed by atoms with Crippen molar-refractivity contribution < 1.29 is 23.7 Å². The number of rotatable bonds is 1. The first-order valence-electron chi connectivity index (χ1n) is 6.55. The van der Waals surface area contributed by atoms with E-state index in [4.69, 9.17) is 28.9 Å². The summed E-state index contributed by atoms with van der Waals surface area (Å²) in [6.45, 7) is 7.38. The molecule has 0 aromatic carbocycles. The summed E-state index contributed by atoms with van der Waals surface area (Å²) in [6.07, 6.45) is -1.50. The summed E-state index contributed by atoms with van der Waals surface area (Å²) in [5, 5.41) is 8.91. The van der Waals surface area contributed by atoms with Gasteiger partial charge in [-0.1, -0.05) is 0 Å². The molecule has 0 aromatic heterocycles. The highest BCUT2D eigenvalue weighted by atomic mass is 16.9. The summed E-state index contributed by atoms with van der Waals surface area (Å²) in [4.78, 5) is 0. The van der Waals surface area contributed by atoms with E-state index in [2.05, 4.69) is 6.07 Å². The van der Waals surface area contributed by atoms with Crippen LogP contribution in [0.15, 0.2) is 0 Å². The molecule has 106 valence electrons. The SMILES string of the molecule is CC1(C)O[C@@H]2O[C@@H](CC#N)[C@H]3OC(C)(C)O[C@H]3[C@@H]2O1. The largest absolute Gasteiger partial charge is 0.343 e. The molecule has 0 saturated carbocycles. The summed E-state index contributed by atoms with van der Waals surface area (Å²) in [5.41, 5.74) is 0. The second kappa shape index (κ2) is 4.14. The van der Waals surface area contributed by atoms with Gasteiger partial charge in [0.15, 0.2) is 17.9 Å². The lowest BCUT2D eigenvalue weighted by Crippen LogP contribution is -2.54. The van der Waals surface area contributed by atoms with Crippen molar-refractivity contribution >= 4 is 0 Å². The summed E-state index contributed by atoms with van der Waals surface area (Å²) in [6, 6.07) is 2.12. The van der Waals surface area contributed by atoms with Gasteiger partial charge in [-0.3, -0.25) is 0 Å². The van der Waals surface area contributed by atoms with E-state index < -0.39 is 17.9 Å². The van der Waals surface area contributed by atoms with Gasteiger partial charge in [0.05, 0.1) is 12.5 Å². The first kappa shape index (κ1) is 13.3. The van der Waals surface area contributed by atoms with Crippen molar-refractivity contribution in [2.24, 2.45) is 0 Å². The molecule has 3 heterocycles. The molecular weight excluding hydrogens is 250 g/mol. The van der Waals surface area contributed by atoms with Crippen molar-refractivity contribution in [2.75, 3.05) is 0 Å². The van der Waals surface area contributed by atoms with Gasteiger partial charge in [0.25, 0.3) is 0 Å². The van der Waals surface area contributed by atoms with E-state index in [-0.39, 0.29) is 30.8 Å². The van der Waals surface area contributed by atoms with Crippen LogP contribution in [0.25, 0.3) is 0 Å². The van der Waals surface area contributed by atoms with Gasteiger partial charge in [0.1, 0.15) is 24.4 Å². The van der Waals surface area contributed by atoms with Crippen LogP contribution < -0.4 is 0 Å². The summed E-state index contributed by atoms with van der Waals surface area (Å²) in [5.74, 6) is -1.41. The van der Waals surface area contributed by atoms with Crippen LogP contribution >= 0.6 is 0 Å². The monoisotopic (exact) mass is 269 g/mol. The normalized spacial score (nSPS) is 46.4. The number of hydrogen-bond donors (Lipinski definition) is 0. The summed E-state index contributed by atoms with van der Waals surface area (Å²) < 4.78 is 29.2. The molecule has 3 aliphatic heterocycles. The van der Waals surface area contributed by atoms with Crippen molar-refractivity contribution in [3.05, 3.63) is 0 Å². The third-order valence-corrected chi connectivity index (χ3v) is 3.54. The first-order valence-corrected chi connectivity index (χ1v) is 6.55. The standard InChI is InChI=1S/C13H19NO5/c1-12(2)16-8-7(5-6-14)15-11-10(9(8)17-12)18-13(3,4)19-11/h7-11H,5H2,1-4H3/t7-,8+,9+,10-,11-/m0/s1. The van der Waals surface area contributed by atoms with E-state index >= 15 is 0 Å². The fourth-order valence-electron chi connectivity index (χ4n) is 2.95. The van der Waals surface area contributed by atoms with Crippen molar-refractivity contribution in [1.29, 1.82) is 5.26 Å². The Morgan fingerprint density at radius 3 is 2.16 bits per heavy atom. The summed E-state index contributed by atoms with van der Waals surface area (Å²) in [7, 11) is 0. The van der Waals surface area contributed by atoms with Gasteiger partial charge >= 0.3 is 0 Å². The molecule has 3 rings (SSSR count). The number of hydrogen-bond acceptors (Lipinski definition) is 6. The van der Waals surface area contributed by atoms with Gasteiger partial charge in [-0.25, -0.2) is 0 Å². The van der Waals surface area contributed by atoms with Gasteiger partial charge in [-0.15, -0.1) is 0 Å². The molecule has 0 radical (unpaired) electrons. The highest BCUT2D eigenvalue weighted by Crippen LogP contribution is 2.44. The molecule has 0 amide bonds. The lowest BCUT2D eigenvalue weighted by Gasteiger charge is -2.36. The Balaban J connectivity index is 1.87. The Labute approximate surface area is 112 Å². The molecular formula is C13H19NO5. The predicted molar refractivity (Wildman–Crippen MR) is 62.8 cm³/mol. The lowest BCUT2D eigenvalue weighted by atomic mass is 9.97. The zero-order valence-electron chi connectivity index (χ0n) is 11.6. The van der Waals surface area contributed by atoms with Crippen LogP contribution in [-0.4, -0.2) is 42.3 Å². The molecule has 19 heavy (non-hydrogen) atoms. The average Bonchev–Trinajstić information content (AvgIpc) is 2.74. The maximum Gasteiger partial charge on any atom is 0.190 e. The number of ether oxygens (including phenoxy) is 5. The van der Waals surface area contributed by atoms with E-state index in [9.17, 15) is 0 Å². The Bertz CT molecular complexity index is 416. The van der Waals surface area contributed by atoms with Crippen LogP contribution in [0.1, 0.15) is 34.1 Å². The maximum absolute atomic E-state index is 8.91. The van der Waals surface area contributed by atoms with Crippen LogP contribution in [0.3, 0.4) is 0 Å². The maximum atomic E-state index is 8.91. The molecule has 0 N–H and O–H groups in total. The Kier molecular flexibility index (Phi) is 2.89. The number of nitriles is 1. The predicted octanol–water partition coefficient (Wildman–Crippen LogP) is 1.30. The zero-order chi connectivity index (χ0) is 13.8. The Morgan fingerprint density at radius 1 is 0.895 bits per heavy atom. The quantitative estimate of drug-likeness (QED) is 0.714.